The van der Waals surface area contributed by atoms with Crippen molar-refractivity contribution in [2.75, 3.05) is 5.32 Å². The fourth-order valence-corrected chi connectivity index (χ4v) is 1.73. The molecule has 15 heavy (non-hydrogen) atoms. The number of hydrogen-bond donors (Lipinski definition) is 1. The van der Waals surface area contributed by atoms with Crippen LogP contribution in [0.3, 0.4) is 0 Å². The van der Waals surface area contributed by atoms with Gasteiger partial charge >= 0.3 is 0 Å². The molecule has 2 aromatic rings. The molecule has 0 aliphatic carbocycles. The number of pyridine rings is 1. The third-order valence-corrected chi connectivity index (χ3v) is 2.57. The second-order valence-corrected chi connectivity index (χ2v) is 4.18. The number of aromatic nitrogens is 2. The summed E-state index contributed by atoms with van der Waals surface area (Å²) in [6.07, 6.45) is 3.31. The quantitative estimate of drug-likeness (QED) is 0.841. The van der Waals surface area contributed by atoms with Gasteiger partial charge in [0.25, 0.3) is 5.91 Å². The molecule has 0 aromatic carbocycles. The van der Waals surface area contributed by atoms with E-state index in [1.807, 2.05) is 6.92 Å². The number of thiazole rings is 1. The van der Waals surface area contributed by atoms with Gasteiger partial charge in [0.15, 0.2) is 5.13 Å². The predicted molar refractivity (Wildman–Crippen MR) is 59.0 cm³/mol. The molecule has 5 heteroatoms. The number of anilines is 1. The minimum absolute atomic E-state index is 0.232. The van der Waals surface area contributed by atoms with Crippen LogP contribution >= 0.6 is 11.3 Å². The van der Waals surface area contributed by atoms with Gasteiger partial charge in [-0.25, -0.2) is 4.98 Å². The predicted octanol–water partition coefficient (Wildman–Crippen LogP) is 2.10. The lowest BCUT2D eigenvalue weighted by atomic mass is 10.3. The zero-order chi connectivity index (χ0) is 10.7. The monoisotopic (exact) mass is 219 g/mol. The van der Waals surface area contributed by atoms with E-state index in [1.54, 1.807) is 30.6 Å². The molecule has 2 aromatic heterocycles. The maximum absolute atomic E-state index is 11.6. The summed E-state index contributed by atoms with van der Waals surface area (Å²) in [5.41, 5.74) is 0.394. The van der Waals surface area contributed by atoms with Gasteiger partial charge in [0.05, 0.1) is 0 Å². The summed E-state index contributed by atoms with van der Waals surface area (Å²) in [6, 6.07) is 5.20. The Morgan fingerprint density at radius 1 is 1.40 bits per heavy atom. The van der Waals surface area contributed by atoms with Crippen LogP contribution in [0.5, 0.6) is 0 Å². The molecule has 0 saturated carbocycles. The van der Waals surface area contributed by atoms with Crippen molar-refractivity contribution >= 4 is 22.4 Å². The van der Waals surface area contributed by atoms with E-state index in [9.17, 15) is 4.79 Å². The van der Waals surface area contributed by atoms with Crippen molar-refractivity contribution in [2.24, 2.45) is 0 Å². The summed E-state index contributed by atoms with van der Waals surface area (Å²) in [5.74, 6) is -0.232. The third kappa shape index (κ3) is 2.38. The molecule has 1 amide bonds. The summed E-state index contributed by atoms with van der Waals surface area (Å²) < 4.78 is 0. The van der Waals surface area contributed by atoms with Crippen LogP contribution in [-0.4, -0.2) is 15.9 Å². The number of hydrogen-bond acceptors (Lipinski definition) is 4. The average Bonchev–Trinajstić information content (AvgIpc) is 2.65. The Labute approximate surface area is 91.0 Å². The highest BCUT2D eigenvalue weighted by Gasteiger charge is 2.08. The van der Waals surface area contributed by atoms with Gasteiger partial charge in [0.1, 0.15) is 5.69 Å². The Bertz CT molecular complexity index is 467. The van der Waals surface area contributed by atoms with E-state index in [4.69, 9.17) is 0 Å². The van der Waals surface area contributed by atoms with Crippen LogP contribution in [0, 0.1) is 6.92 Å². The molecule has 0 bridgehead atoms. The number of rotatable bonds is 2. The maximum atomic E-state index is 11.6. The van der Waals surface area contributed by atoms with Gasteiger partial charge in [-0.1, -0.05) is 6.07 Å². The van der Waals surface area contributed by atoms with Crippen molar-refractivity contribution in [3.8, 4) is 0 Å². The van der Waals surface area contributed by atoms with E-state index < -0.39 is 0 Å². The zero-order valence-electron chi connectivity index (χ0n) is 8.10. The van der Waals surface area contributed by atoms with Crippen molar-refractivity contribution < 1.29 is 4.79 Å². The van der Waals surface area contributed by atoms with Crippen LogP contribution in [-0.2, 0) is 0 Å². The molecular weight excluding hydrogens is 210 g/mol. The molecule has 1 N–H and O–H groups in total. The molecule has 0 radical (unpaired) electrons. The Balaban J connectivity index is 2.11. The fraction of sp³-hybridized carbons (Fsp3) is 0.100. The molecule has 76 valence electrons. The second kappa shape index (κ2) is 4.18. The fourth-order valence-electron chi connectivity index (χ4n) is 1.07. The van der Waals surface area contributed by atoms with Crippen LogP contribution < -0.4 is 5.32 Å². The number of carbonyl (C=O) groups is 1. The van der Waals surface area contributed by atoms with Crippen LogP contribution in [0.2, 0.25) is 0 Å². The number of nitrogens with zero attached hydrogens (tertiary/aromatic N) is 2. The highest BCUT2D eigenvalue weighted by atomic mass is 32.1. The smallest absolute Gasteiger partial charge is 0.276 e. The molecule has 2 heterocycles. The van der Waals surface area contributed by atoms with Crippen molar-refractivity contribution in [1.82, 2.24) is 9.97 Å². The molecular formula is C10H9N3OS. The minimum atomic E-state index is -0.232. The Morgan fingerprint density at radius 3 is 2.87 bits per heavy atom. The largest absolute Gasteiger partial charge is 0.296 e. The molecule has 0 aliphatic rings. The van der Waals surface area contributed by atoms with Crippen LogP contribution in [0.1, 0.15) is 15.4 Å². The van der Waals surface area contributed by atoms with Gasteiger partial charge < -0.3 is 0 Å². The van der Waals surface area contributed by atoms with E-state index in [-0.39, 0.29) is 5.91 Å². The highest BCUT2D eigenvalue weighted by molar-refractivity contribution is 7.15. The summed E-state index contributed by atoms with van der Waals surface area (Å²) in [5, 5.41) is 3.29. The topological polar surface area (TPSA) is 54.9 Å². The van der Waals surface area contributed by atoms with Crippen LogP contribution in [0.25, 0.3) is 0 Å². The van der Waals surface area contributed by atoms with Gasteiger partial charge in [0.2, 0.25) is 0 Å². The zero-order valence-corrected chi connectivity index (χ0v) is 8.91. The first-order valence-electron chi connectivity index (χ1n) is 4.40. The molecule has 0 unspecified atom stereocenters. The number of aryl methyl sites for hydroxylation is 1. The van der Waals surface area contributed by atoms with E-state index in [0.29, 0.717) is 10.8 Å². The van der Waals surface area contributed by atoms with E-state index in [2.05, 4.69) is 15.3 Å². The molecule has 0 aliphatic heterocycles. The Hall–Kier alpha value is -1.75. The van der Waals surface area contributed by atoms with Crippen molar-refractivity contribution in [3.05, 3.63) is 41.2 Å². The number of carbonyl (C=O) groups excluding carboxylic acids is 1. The number of amides is 1. The molecule has 2 rings (SSSR count). The number of nitrogens with one attached hydrogen (secondary N) is 1. The summed E-state index contributed by atoms with van der Waals surface area (Å²) in [4.78, 5) is 20.7. The SMILES string of the molecule is Cc1cnc(NC(=O)c2ccccn2)s1. The Morgan fingerprint density at radius 2 is 2.27 bits per heavy atom. The van der Waals surface area contributed by atoms with Gasteiger partial charge in [-0.2, -0.15) is 0 Å². The van der Waals surface area contributed by atoms with Crippen molar-refractivity contribution in [3.63, 3.8) is 0 Å². The van der Waals surface area contributed by atoms with Gasteiger partial charge in [-0.15, -0.1) is 11.3 Å². The van der Waals surface area contributed by atoms with Crippen LogP contribution in [0.15, 0.2) is 30.6 Å². The molecule has 0 atom stereocenters. The minimum Gasteiger partial charge on any atom is -0.296 e. The van der Waals surface area contributed by atoms with Crippen molar-refractivity contribution in [1.29, 1.82) is 0 Å². The first kappa shape index (κ1) is 9.79. The van der Waals surface area contributed by atoms with Gasteiger partial charge in [0, 0.05) is 17.3 Å². The normalized spacial score (nSPS) is 9.93. The van der Waals surface area contributed by atoms with Crippen molar-refractivity contribution in [2.45, 2.75) is 6.92 Å². The van der Waals surface area contributed by atoms with Gasteiger partial charge in [-0.3, -0.25) is 15.1 Å². The highest BCUT2D eigenvalue weighted by Crippen LogP contribution is 2.16. The summed E-state index contributed by atoms with van der Waals surface area (Å²) in [7, 11) is 0. The first-order chi connectivity index (χ1) is 7.25. The summed E-state index contributed by atoms with van der Waals surface area (Å²) >= 11 is 1.44. The van der Waals surface area contributed by atoms with E-state index >= 15 is 0 Å². The standard InChI is InChI=1S/C10H9N3OS/c1-7-6-12-10(15-7)13-9(14)8-4-2-3-5-11-8/h2-6H,1H3,(H,12,13,14). The van der Waals surface area contributed by atoms with E-state index in [0.717, 1.165) is 4.88 Å². The molecule has 0 fully saturated rings. The molecule has 4 nitrogen and oxygen atoms in total. The lowest BCUT2D eigenvalue weighted by Crippen LogP contribution is -2.12. The molecule has 0 spiro atoms. The molecule has 0 saturated heterocycles. The Kier molecular flexibility index (Phi) is 2.73. The van der Waals surface area contributed by atoms with E-state index in [1.165, 1.54) is 11.3 Å². The lowest BCUT2D eigenvalue weighted by molar-refractivity contribution is 0.102. The first-order valence-corrected chi connectivity index (χ1v) is 5.22. The van der Waals surface area contributed by atoms with Gasteiger partial charge in [-0.05, 0) is 19.1 Å². The second-order valence-electron chi connectivity index (χ2n) is 2.95. The average molecular weight is 219 g/mol. The maximum Gasteiger partial charge on any atom is 0.276 e. The lowest BCUT2D eigenvalue weighted by Gasteiger charge is -1.99. The summed E-state index contributed by atoms with van der Waals surface area (Å²) in [6.45, 7) is 1.94. The van der Waals surface area contributed by atoms with Crippen LogP contribution in [0.4, 0.5) is 5.13 Å². The third-order valence-electron chi connectivity index (χ3n) is 1.74.